The fraction of sp³-hybridized carbons (Fsp3) is 0.391. The van der Waals surface area contributed by atoms with Crippen molar-refractivity contribution >= 4 is 17.5 Å². The van der Waals surface area contributed by atoms with Gasteiger partial charge < -0.3 is 23.8 Å². The highest BCUT2D eigenvalue weighted by Gasteiger charge is 2.24. The first kappa shape index (κ1) is 21.4. The summed E-state index contributed by atoms with van der Waals surface area (Å²) in [5, 5.41) is 0. The van der Waals surface area contributed by atoms with E-state index in [2.05, 4.69) is 31.1 Å². The van der Waals surface area contributed by atoms with E-state index in [4.69, 9.17) is 18.9 Å². The third-order valence-corrected chi connectivity index (χ3v) is 5.91. The molecule has 1 aromatic carbocycles. The topological polar surface area (TPSA) is 40.2 Å². The van der Waals surface area contributed by atoms with Gasteiger partial charge in [-0.3, -0.25) is 0 Å². The molecule has 156 valence electrons. The van der Waals surface area contributed by atoms with Crippen LogP contribution in [-0.2, 0) is 4.74 Å². The molecule has 0 amide bonds. The molecule has 0 N–H and O–H groups in total. The van der Waals surface area contributed by atoms with Crippen molar-refractivity contribution in [2.45, 2.75) is 12.8 Å². The van der Waals surface area contributed by atoms with Crippen LogP contribution in [0.15, 0.2) is 52.7 Å². The second-order valence-corrected chi connectivity index (χ2v) is 8.17. The first-order valence-electron chi connectivity index (χ1n) is 9.65. The fourth-order valence-electron chi connectivity index (χ4n) is 3.27. The molecule has 0 unspecified atom stereocenters. The van der Waals surface area contributed by atoms with E-state index in [0.29, 0.717) is 17.2 Å². The first-order valence-corrected chi connectivity index (χ1v) is 10.6. The predicted molar refractivity (Wildman–Crippen MR) is 120 cm³/mol. The molecule has 5 nitrogen and oxygen atoms in total. The number of hydrogen-bond acceptors (Lipinski definition) is 6. The molecule has 0 spiro atoms. The molecular formula is C23H29NO4S. The third kappa shape index (κ3) is 5.00. The van der Waals surface area contributed by atoms with Crippen molar-refractivity contribution < 1.29 is 18.9 Å². The number of hydrogen-bond donors (Lipinski definition) is 0. The molecule has 0 bridgehead atoms. The van der Waals surface area contributed by atoms with Crippen molar-refractivity contribution in [2.75, 3.05) is 47.7 Å². The maximum absolute atomic E-state index is 6.26. The summed E-state index contributed by atoms with van der Waals surface area (Å²) in [7, 11) is 9.06. The van der Waals surface area contributed by atoms with Gasteiger partial charge in [-0.1, -0.05) is 12.2 Å². The van der Waals surface area contributed by atoms with Crippen molar-refractivity contribution in [3.8, 4) is 17.2 Å². The second kappa shape index (κ2) is 9.94. The van der Waals surface area contributed by atoms with Crippen LogP contribution in [-0.4, -0.2) is 52.6 Å². The minimum atomic E-state index is 0.574. The third-order valence-electron chi connectivity index (χ3n) is 4.74. The van der Waals surface area contributed by atoms with Gasteiger partial charge in [0.05, 0.1) is 21.3 Å². The number of nitrogens with zero attached hydrogens (tertiary/aromatic N) is 1. The number of methoxy groups -OCH3 is 3. The molecule has 0 saturated carbocycles. The number of benzene rings is 1. The Morgan fingerprint density at radius 1 is 1.03 bits per heavy atom. The molecule has 3 rings (SSSR count). The molecule has 6 heteroatoms. The second-order valence-electron chi connectivity index (χ2n) is 7.04. The quantitative estimate of drug-likeness (QED) is 0.536. The van der Waals surface area contributed by atoms with Crippen molar-refractivity contribution in [3.63, 3.8) is 0 Å². The van der Waals surface area contributed by atoms with Crippen molar-refractivity contribution in [1.82, 2.24) is 4.90 Å². The van der Waals surface area contributed by atoms with Gasteiger partial charge in [0.25, 0.3) is 0 Å². The summed E-state index contributed by atoms with van der Waals surface area (Å²) < 4.78 is 22.7. The Labute approximate surface area is 177 Å². The molecule has 1 aliphatic heterocycles. The van der Waals surface area contributed by atoms with Crippen LogP contribution in [0.5, 0.6) is 17.2 Å². The Balaban J connectivity index is 1.94. The molecule has 29 heavy (non-hydrogen) atoms. The summed E-state index contributed by atoms with van der Waals surface area (Å²) >= 11 is 1.89. The van der Waals surface area contributed by atoms with Gasteiger partial charge in [-0.2, -0.15) is 0 Å². The number of rotatable bonds is 9. The van der Waals surface area contributed by atoms with Crippen LogP contribution in [0.25, 0.3) is 5.76 Å². The Bertz CT molecular complexity index is 843. The summed E-state index contributed by atoms with van der Waals surface area (Å²) in [6.07, 6.45) is 10.4. The maximum Gasteiger partial charge on any atom is 0.203 e. The van der Waals surface area contributed by atoms with Crippen LogP contribution >= 0.6 is 11.8 Å². The van der Waals surface area contributed by atoms with E-state index >= 15 is 0 Å². The van der Waals surface area contributed by atoms with Gasteiger partial charge in [-0.15, -0.1) is 11.8 Å². The maximum atomic E-state index is 6.26. The van der Waals surface area contributed by atoms with Gasteiger partial charge >= 0.3 is 0 Å². The van der Waals surface area contributed by atoms with E-state index in [1.165, 1.54) is 10.5 Å². The zero-order valence-electron chi connectivity index (χ0n) is 17.8. The van der Waals surface area contributed by atoms with Crippen LogP contribution in [0.2, 0.25) is 0 Å². The van der Waals surface area contributed by atoms with Gasteiger partial charge in [-0.05, 0) is 63.5 Å². The highest BCUT2D eigenvalue weighted by molar-refractivity contribution is 8.03. The van der Waals surface area contributed by atoms with E-state index in [1.54, 1.807) is 21.3 Å². The molecule has 0 radical (unpaired) electrons. The lowest BCUT2D eigenvalue weighted by Crippen LogP contribution is -2.13. The number of fused-ring (bicyclic) bond motifs is 1. The van der Waals surface area contributed by atoms with Gasteiger partial charge in [-0.25, -0.2) is 0 Å². The lowest BCUT2D eigenvalue weighted by atomic mass is 10.0. The molecule has 2 aliphatic rings. The predicted octanol–water partition coefficient (Wildman–Crippen LogP) is 4.87. The van der Waals surface area contributed by atoms with Gasteiger partial charge in [0, 0.05) is 16.0 Å². The normalized spacial score (nSPS) is 15.5. The smallest absolute Gasteiger partial charge is 0.203 e. The molecule has 1 aromatic rings. The van der Waals surface area contributed by atoms with Crippen LogP contribution < -0.4 is 14.2 Å². The highest BCUT2D eigenvalue weighted by Crippen LogP contribution is 2.44. The SMILES string of the molecule is COc1cc(C2=CC(SCCCN(C)C)=C3CC=CC=C3O2)cc(OC)c1OC. The Morgan fingerprint density at radius 2 is 1.76 bits per heavy atom. The minimum Gasteiger partial charge on any atom is -0.493 e. The van der Waals surface area contributed by atoms with Gasteiger partial charge in [0.2, 0.25) is 5.75 Å². The fourth-order valence-corrected chi connectivity index (χ4v) is 4.31. The lowest BCUT2D eigenvalue weighted by molar-refractivity contribution is 0.323. The number of allylic oxidation sites excluding steroid dienone is 5. The van der Waals surface area contributed by atoms with Crippen LogP contribution in [0.4, 0.5) is 0 Å². The van der Waals surface area contributed by atoms with E-state index < -0.39 is 0 Å². The summed E-state index contributed by atoms with van der Waals surface area (Å²) in [6, 6.07) is 3.84. The van der Waals surface area contributed by atoms with E-state index in [0.717, 1.165) is 42.2 Å². The van der Waals surface area contributed by atoms with E-state index in [1.807, 2.05) is 36.0 Å². The van der Waals surface area contributed by atoms with Gasteiger partial charge in [0.1, 0.15) is 11.5 Å². The zero-order chi connectivity index (χ0) is 20.8. The van der Waals surface area contributed by atoms with Crippen LogP contribution in [0.3, 0.4) is 0 Å². The average molecular weight is 416 g/mol. The Morgan fingerprint density at radius 3 is 2.38 bits per heavy atom. The molecule has 0 atom stereocenters. The van der Waals surface area contributed by atoms with Crippen LogP contribution in [0, 0.1) is 0 Å². The largest absolute Gasteiger partial charge is 0.493 e. The zero-order valence-corrected chi connectivity index (χ0v) is 18.6. The van der Waals surface area contributed by atoms with Gasteiger partial charge in [0.15, 0.2) is 11.5 Å². The molecule has 0 saturated heterocycles. The van der Waals surface area contributed by atoms with Crippen molar-refractivity contribution in [3.05, 3.63) is 58.2 Å². The monoisotopic (exact) mass is 415 g/mol. The summed E-state index contributed by atoms with van der Waals surface area (Å²) in [5.41, 5.74) is 2.14. The first-order chi connectivity index (χ1) is 14.1. The Hall–Kier alpha value is -2.31. The van der Waals surface area contributed by atoms with Crippen LogP contribution in [0.1, 0.15) is 18.4 Å². The standard InChI is InChI=1S/C23H29NO4S/c1-24(2)11-8-12-29-22-15-19(28-18-10-7-6-9-17(18)22)16-13-20(25-3)23(27-5)21(14-16)26-4/h6-7,10,13-15H,8-9,11-12H2,1-5H3. The number of thioether (sulfide) groups is 1. The lowest BCUT2D eigenvalue weighted by Gasteiger charge is -2.25. The van der Waals surface area contributed by atoms with E-state index in [9.17, 15) is 0 Å². The summed E-state index contributed by atoms with van der Waals surface area (Å²) in [6.45, 7) is 1.08. The molecule has 1 aliphatic carbocycles. The Kier molecular flexibility index (Phi) is 7.34. The molecular weight excluding hydrogens is 386 g/mol. The molecule has 0 fully saturated rings. The van der Waals surface area contributed by atoms with E-state index in [-0.39, 0.29) is 0 Å². The molecule has 0 aromatic heterocycles. The summed E-state index contributed by atoms with van der Waals surface area (Å²) in [5.74, 6) is 4.55. The van der Waals surface area contributed by atoms with Crippen molar-refractivity contribution in [1.29, 1.82) is 0 Å². The average Bonchev–Trinajstić information content (AvgIpc) is 2.75. The summed E-state index contributed by atoms with van der Waals surface area (Å²) in [4.78, 5) is 3.48. The number of ether oxygens (including phenoxy) is 4. The van der Waals surface area contributed by atoms with Crippen molar-refractivity contribution in [2.24, 2.45) is 0 Å². The minimum absolute atomic E-state index is 0.574. The highest BCUT2D eigenvalue weighted by atomic mass is 32.2. The molecule has 1 heterocycles.